The average molecular weight is 338 g/mol. The number of ether oxygens (including phenoxy) is 1. The normalized spacial score (nSPS) is 19.1. The SMILES string of the molecule is CCOc1ccc([C@@H]2C[C@H](c3ccc(F)cc3)n3ncnc3N2)cc1. The Kier molecular flexibility index (Phi) is 4.09. The van der Waals surface area contributed by atoms with E-state index in [1.807, 2.05) is 35.9 Å². The van der Waals surface area contributed by atoms with Crippen molar-refractivity contribution >= 4 is 5.95 Å². The number of nitrogens with one attached hydrogen (secondary N) is 1. The predicted octanol–water partition coefficient (Wildman–Crippen LogP) is 3.96. The third kappa shape index (κ3) is 3.07. The molecule has 0 spiro atoms. The van der Waals surface area contributed by atoms with Gasteiger partial charge < -0.3 is 10.1 Å². The number of anilines is 1. The Bertz CT molecular complexity index is 845. The summed E-state index contributed by atoms with van der Waals surface area (Å²) in [6.07, 6.45) is 2.34. The van der Waals surface area contributed by atoms with Crippen LogP contribution in [0.4, 0.5) is 10.3 Å². The standard InChI is InChI=1S/C19H19FN4O/c1-2-25-16-9-5-13(6-10-16)17-11-18(14-3-7-15(20)8-4-14)24-19(23-17)21-12-22-24/h3-10,12,17-18H,2,11H2,1H3,(H,21,22,23)/t17-,18+/m0/s1. The zero-order chi connectivity index (χ0) is 17.2. The molecular weight excluding hydrogens is 319 g/mol. The lowest BCUT2D eigenvalue weighted by molar-refractivity contribution is 0.340. The second-order valence-corrected chi connectivity index (χ2v) is 6.03. The van der Waals surface area contributed by atoms with Crippen molar-refractivity contribution in [1.29, 1.82) is 0 Å². The van der Waals surface area contributed by atoms with Gasteiger partial charge >= 0.3 is 0 Å². The molecule has 1 aromatic heterocycles. The highest BCUT2D eigenvalue weighted by Gasteiger charge is 2.29. The number of aromatic nitrogens is 3. The van der Waals surface area contributed by atoms with Crippen LogP contribution in [0, 0.1) is 5.82 Å². The van der Waals surface area contributed by atoms with Crippen LogP contribution in [0.3, 0.4) is 0 Å². The molecule has 3 aromatic rings. The van der Waals surface area contributed by atoms with Crippen molar-refractivity contribution in [3.8, 4) is 5.75 Å². The Balaban J connectivity index is 1.64. The molecule has 0 bridgehead atoms. The summed E-state index contributed by atoms with van der Waals surface area (Å²) < 4.78 is 20.6. The van der Waals surface area contributed by atoms with E-state index in [1.54, 1.807) is 6.33 Å². The number of hydrogen-bond acceptors (Lipinski definition) is 4. The number of hydrogen-bond donors (Lipinski definition) is 1. The minimum absolute atomic E-state index is 0.0101. The van der Waals surface area contributed by atoms with E-state index in [9.17, 15) is 4.39 Å². The molecule has 0 amide bonds. The Morgan fingerprint density at radius 2 is 1.84 bits per heavy atom. The first-order valence-corrected chi connectivity index (χ1v) is 8.39. The zero-order valence-electron chi connectivity index (χ0n) is 13.9. The van der Waals surface area contributed by atoms with Crippen LogP contribution in [0.15, 0.2) is 54.9 Å². The van der Waals surface area contributed by atoms with Gasteiger partial charge in [0.25, 0.3) is 0 Å². The second kappa shape index (κ2) is 6.55. The highest BCUT2D eigenvalue weighted by molar-refractivity contribution is 5.39. The first kappa shape index (κ1) is 15.6. The van der Waals surface area contributed by atoms with Crippen LogP contribution in [0.1, 0.15) is 36.6 Å². The lowest BCUT2D eigenvalue weighted by Gasteiger charge is -2.31. The van der Waals surface area contributed by atoms with E-state index in [-0.39, 0.29) is 17.9 Å². The molecule has 1 aliphatic rings. The molecule has 5 nitrogen and oxygen atoms in total. The number of benzene rings is 2. The number of nitrogens with zero attached hydrogens (tertiary/aromatic N) is 3. The summed E-state index contributed by atoms with van der Waals surface area (Å²) in [6.45, 7) is 2.62. The van der Waals surface area contributed by atoms with Gasteiger partial charge in [-0.15, -0.1) is 0 Å². The Labute approximate surface area is 145 Å². The minimum Gasteiger partial charge on any atom is -0.494 e. The molecule has 4 rings (SSSR count). The summed E-state index contributed by atoms with van der Waals surface area (Å²) in [5, 5.41) is 7.76. The van der Waals surface area contributed by atoms with Crippen LogP contribution in [-0.4, -0.2) is 21.4 Å². The molecule has 1 aliphatic heterocycles. The van der Waals surface area contributed by atoms with Crippen LogP contribution >= 0.6 is 0 Å². The Morgan fingerprint density at radius 1 is 1.12 bits per heavy atom. The summed E-state index contributed by atoms with van der Waals surface area (Å²) in [5.41, 5.74) is 2.18. The molecule has 0 aliphatic carbocycles. The molecule has 2 heterocycles. The van der Waals surface area contributed by atoms with Crippen LogP contribution in [-0.2, 0) is 0 Å². The van der Waals surface area contributed by atoms with Crippen LogP contribution in [0.25, 0.3) is 0 Å². The van der Waals surface area contributed by atoms with E-state index in [0.717, 1.165) is 29.2 Å². The lowest BCUT2D eigenvalue weighted by Crippen LogP contribution is -2.28. The van der Waals surface area contributed by atoms with E-state index >= 15 is 0 Å². The van der Waals surface area contributed by atoms with Gasteiger partial charge in [-0.2, -0.15) is 10.1 Å². The van der Waals surface area contributed by atoms with Crippen molar-refractivity contribution in [3.63, 3.8) is 0 Å². The van der Waals surface area contributed by atoms with Gasteiger partial charge in [-0.05, 0) is 48.7 Å². The smallest absolute Gasteiger partial charge is 0.222 e. The molecule has 0 saturated carbocycles. The van der Waals surface area contributed by atoms with Gasteiger partial charge in [-0.25, -0.2) is 9.07 Å². The van der Waals surface area contributed by atoms with Crippen molar-refractivity contribution in [2.75, 3.05) is 11.9 Å². The number of rotatable bonds is 4. The summed E-state index contributed by atoms with van der Waals surface area (Å²) in [7, 11) is 0. The van der Waals surface area contributed by atoms with Crippen LogP contribution in [0.5, 0.6) is 5.75 Å². The van der Waals surface area contributed by atoms with Gasteiger partial charge in [0.1, 0.15) is 17.9 Å². The third-order valence-electron chi connectivity index (χ3n) is 4.48. The van der Waals surface area contributed by atoms with Crippen molar-refractivity contribution in [1.82, 2.24) is 14.8 Å². The van der Waals surface area contributed by atoms with Gasteiger partial charge in [0.15, 0.2) is 0 Å². The molecule has 0 radical (unpaired) electrons. The van der Waals surface area contributed by atoms with Crippen molar-refractivity contribution in [2.24, 2.45) is 0 Å². The van der Waals surface area contributed by atoms with Gasteiger partial charge in [-0.1, -0.05) is 24.3 Å². The van der Waals surface area contributed by atoms with Crippen molar-refractivity contribution in [3.05, 3.63) is 71.8 Å². The lowest BCUT2D eigenvalue weighted by atomic mass is 9.93. The molecule has 6 heteroatoms. The van der Waals surface area contributed by atoms with E-state index in [2.05, 4.69) is 27.5 Å². The third-order valence-corrected chi connectivity index (χ3v) is 4.48. The maximum atomic E-state index is 13.3. The minimum atomic E-state index is -0.237. The quantitative estimate of drug-likeness (QED) is 0.782. The molecule has 0 unspecified atom stereocenters. The molecular formula is C19H19FN4O. The monoisotopic (exact) mass is 338 g/mol. The average Bonchev–Trinajstić information content (AvgIpc) is 3.11. The summed E-state index contributed by atoms with van der Waals surface area (Å²) in [6, 6.07) is 14.8. The first-order valence-electron chi connectivity index (χ1n) is 8.39. The fourth-order valence-corrected chi connectivity index (χ4v) is 3.26. The molecule has 0 fully saturated rings. The largest absolute Gasteiger partial charge is 0.494 e. The van der Waals surface area contributed by atoms with Gasteiger partial charge in [0.2, 0.25) is 5.95 Å². The highest BCUT2D eigenvalue weighted by atomic mass is 19.1. The van der Waals surface area contributed by atoms with E-state index in [4.69, 9.17) is 4.74 Å². The topological polar surface area (TPSA) is 52.0 Å². The van der Waals surface area contributed by atoms with Crippen LogP contribution in [0.2, 0.25) is 0 Å². The maximum Gasteiger partial charge on any atom is 0.222 e. The highest BCUT2D eigenvalue weighted by Crippen LogP contribution is 2.37. The van der Waals surface area contributed by atoms with Gasteiger partial charge in [-0.3, -0.25) is 0 Å². The molecule has 128 valence electrons. The summed E-state index contributed by atoms with van der Waals surface area (Å²) in [5.74, 6) is 1.35. The van der Waals surface area contributed by atoms with Crippen LogP contribution < -0.4 is 10.1 Å². The molecule has 0 saturated heterocycles. The van der Waals surface area contributed by atoms with E-state index in [1.165, 1.54) is 12.1 Å². The molecule has 2 aromatic carbocycles. The first-order chi connectivity index (χ1) is 12.2. The Morgan fingerprint density at radius 3 is 2.56 bits per heavy atom. The maximum absolute atomic E-state index is 13.3. The number of fused-ring (bicyclic) bond motifs is 1. The van der Waals surface area contributed by atoms with E-state index < -0.39 is 0 Å². The molecule has 1 N–H and O–H groups in total. The van der Waals surface area contributed by atoms with Gasteiger partial charge in [0, 0.05) is 0 Å². The summed E-state index contributed by atoms with van der Waals surface area (Å²) in [4.78, 5) is 4.31. The van der Waals surface area contributed by atoms with Crippen molar-refractivity contribution < 1.29 is 9.13 Å². The van der Waals surface area contributed by atoms with Gasteiger partial charge in [0.05, 0.1) is 18.7 Å². The van der Waals surface area contributed by atoms with E-state index in [0.29, 0.717) is 6.61 Å². The Hall–Kier alpha value is -2.89. The zero-order valence-corrected chi connectivity index (χ0v) is 13.9. The van der Waals surface area contributed by atoms with Crippen molar-refractivity contribution in [2.45, 2.75) is 25.4 Å². The number of halogens is 1. The fourth-order valence-electron chi connectivity index (χ4n) is 3.26. The summed E-state index contributed by atoms with van der Waals surface area (Å²) >= 11 is 0. The predicted molar refractivity (Wildman–Crippen MR) is 93.2 cm³/mol. The fraction of sp³-hybridized carbons (Fsp3) is 0.263. The molecule has 2 atom stereocenters. The second-order valence-electron chi connectivity index (χ2n) is 6.03. The molecule has 25 heavy (non-hydrogen) atoms.